The van der Waals surface area contributed by atoms with Gasteiger partial charge >= 0.3 is 0 Å². The standard InChI is InChI=1S/C15H24N2OS/c1-11(2)7-12(10-16)8-15(18)17-13-5-4-6-14(9-13)19-3/h4-6,9,11-12H,7-8,10,16H2,1-3H3,(H,17,18)/t12-/m0/s1. The molecule has 1 atom stereocenters. The molecule has 0 heterocycles. The van der Waals surface area contributed by atoms with Crippen LogP contribution in [0.4, 0.5) is 5.69 Å². The van der Waals surface area contributed by atoms with Crippen LogP contribution in [0.2, 0.25) is 0 Å². The number of nitrogens with two attached hydrogens (primary N) is 1. The number of hydrogen-bond donors (Lipinski definition) is 2. The lowest BCUT2D eigenvalue weighted by molar-refractivity contribution is -0.117. The molecule has 19 heavy (non-hydrogen) atoms. The number of anilines is 1. The topological polar surface area (TPSA) is 55.1 Å². The molecule has 0 aromatic heterocycles. The Kier molecular flexibility index (Phi) is 6.95. The molecule has 3 nitrogen and oxygen atoms in total. The molecule has 0 aliphatic heterocycles. The first-order chi connectivity index (χ1) is 9.05. The second-order valence-corrected chi connectivity index (χ2v) is 6.10. The molecule has 4 heteroatoms. The minimum absolute atomic E-state index is 0.0503. The molecule has 1 aromatic rings. The Morgan fingerprint density at radius 2 is 2.16 bits per heavy atom. The zero-order chi connectivity index (χ0) is 14.3. The summed E-state index contributed by atoms with van der Waals surface area (Å²) < 4.78 is 0. The summed E-state index contributed by atoms with van der Waals surface area (Å²) in [5, 5.41) is 2.95. The normalized spacial score (nSPS) is 12.5. The van der Waals surface area contributed by atoms with E-state index in [1.807, 2.05) is 30.5 Å². The summed E-state index contributed by atoms with van der Waals surface area (Å²) in [7, 11) is 0. The van der Waals surface area contributed by atoms with Crippen molar-refractivity contribution in [1.82, 2.24) is 0 Å². The molecule has 1 amide bonds. The number of hydrogen-bond acceptors (Lipinski definition) is 3. The molecular weight excluding hydrogens is 256 g/mol. The van der Waals surface area contributed by atoms with Crippen molar-refractivity contribution in [3.63, 3.8) is 0 Å². The quantitative estimate of drug-likeness (QED) is 0.753. The average Bonchev–Trinajstić information content (AvgIpc) is 2.37. The van der Waals surface area contributed by atoms with E-state index < -0.39 is 0 Å². The highest BCUT2D eigenvalue weighted by atomic mass is 32.2. The van der Waals surface area contributed by atoms with Crippen LogP contribution >= 0.6 is 11.8 Å². The molecule has 1 rings (SSSR count). The summed E-state index contributed by atoms with van der Waals surface area (Å²) >= 11 is 1.67. The smallest absolute Gasteiger partial charge is 0.224 e. The summed E-state index contributed by atoms with van der Waals surface area (Å²) in [4.78, 5) is 13.1. The molecule has 0 spiro atoms. The predicted molar refractivity (Wildman–Crippen MR) is 83.5 cm³/mol. The molecule has 0 aliphatic rings. The van der Waals surface area contributed by atoms with Crippen molar-refractivity contribution >= 4 is 23.4 Å². The van der Waals surface area contributed by atoms with E-state index >= 15 is 0 Å². The zero-order valence-electron chi connectivity index (χ0n) is 12.0. The van der Waals surface area contributed by atoms with Crippen LogP contribution in [0.25, 0.3) is 0 Å². The number of thioether (sulfide) groups is 1. The molecule has 1 aromatic carbocycles. The summed E-state index contributed by atoms with van der Waals surface area (Å²) in [5.74, 6) is 0.888. The van der Waals surface area contributed by atoms with Gasteiger partial charge in [-0.15, -0.1) is 11.8 Å². The van der Waals surface area contributed by atoms with Crippen LogP contribution in [0.3, 0.4) is 0 Å². The summed E-state index contributed by atoms with van der Waals surface area (Å²) in [6.45, 7) is 4.88. The molecule has 0 fully saturated rings. The van der Waals surface area contributed by atoms with Crippen LogP contribution in [-0.4, -0.2) is 18.7 Å². The second kappa shape index (κ2) is 8.23. The lowest BCUT2D eigenvalue weighted by atomic mass is 9.94. The molecule has 0 aliphatic carbocycles. The van der Waals surface area contributed by atoms with Gasteiger partial charge < -0.3 is 11.1 Å². The Hall–Kier alpha value is -1.00. The highest BCUT2D eigenvalue weighted by Crippen LogP contribution is 2.20. The molecule has 106 valence electrons. The number of carbonyl (C=O) groups is 1. The monoisotopic (exact) mass is 280 g/mol. The predicted octanol–water partition coefficient (Wildman–Crippen LogP) is 3.36. The van der Waals surface area contributed by atoms with Gasteiger partial charge in [-0.25, -0.2) is 0 Å². The molecule has 0 unspecified atom stereocenters. The summed E-state index contributed by atoms with van der Waals surface area (Å²) in [6, 6.07) is 7.89. The van der Waals surface area contributed by atoms with E-state index in [1.54, 1.807) is 11.8 Å². The van der Waals surface area contributed by atoms with Crippen LogP contribution in [0.15, 0.2) is 29.2 Å². The highest BCUT2D eigenvalue weighted by Gasteiger charge is 2.14. The van der Waals surface area contributed by atoms with Crippen LogP contribution in [0, 0.1) is 11.8 Å². The van der Waals surface area contributed by atoms with Crippen molar-refractivity contribution in [1.29, 1.82) is 0 Å². The third-order valence-electron chi connectivity index (χ3n) is 2.97. The van der Waals surface area contributed by atoms with E-state index in [1.165, 1.54) is 0 Å². The fourth-order valence-electron chi connectivity index (χ4n) is 2.10. The van der Waals surface area contributed by atoms with Crippen LogP contribution in [0.1, 0.15) is 26.7 Å². The van der Waals surface area contributed by atoms with Gasteiger partial charge in [-0.05, 0) is 49.3 Å². The van der Waals surface area contributed by atoms with E-state index in [2.05, 4.69) is 19.2 Å². The summed E-state index contributed by atoms with van der Waals surface area (Å²) in [6.07, 6.45) is 3.51. The molecule has 0 saturated carbocycles. The largest absolute Gasteiger partial charge is 0.330 e. The van der Waals surface area contributed by atoms with Crippen LogP contribution in [-0.2, 0) is 4.79 Å². The van der Waals surface area contributed by atoms with Gasteiger partial charge in [0, 0.05) is 17.0 Å². The van der Waals surface area contributed by atoms with Crippen molar-refractivity contribution in [2.45, 2.75) is 31.6 Å². The van der Waals surface area contributed by atoms with E-state index in [0.717, 1.165) is 17.0 Å². The molecule has 0 radical (unpaired) electrons. The van der Waals surface area contributed by atoms with Gasteiger partial charge in [0.2, 0.25) is 5.91 Å². The highest BCUT2D eigenvalue weighted by molar-refractivity contribution is 7.98. The first kappa shape index (κ1) is 16.1. The SMILES string of the molecule is CSc1cccc(NC(=O)C[C@@H](CN)CC(C)C)c1. The molecular formula is C15H24N2OS. The van der Waals surface area contributed by atoms with Gasteiger partial charge in [0.25, 0.3) is 0 Å². The third kappa shape index (κ3) is 6.12. The lowest BCUT2D eigenvalue weighted by Gasteiger charge is -2.16. The van der Waals surface area contributed by atoms with Gasteiger partial charge in [0.05, 0.1) is 0 Å². The Bertz CT molecular complexity index is 407. The van der Waals surface area contributed by atoms with Crippen molar-refractivity contribution in [3.05, 3.63) is 24.3 Å². The maximum absolute atomic E-state index is 12.0. The van der Waals surface area contributed by atoms with E-state index in [-0.39, 0.29) is 11.8 Å². The molecule has 0 saturated heterocycles. The number of amides is 1. The number of benzene rings is 1. The van der Waals surface area contributed by atoms with Crippen molar-refractivity contribution in [3.8, 4) is 0 Å². The molecule has 3 N–H and O–H groups in total. The number of rotatable bonds is 7. The van der Waals surface area contributed by atoms with E-state index in [0.29, 0.717) is 18.9 Å². The van der Waals surface area contributed by atoms with Gasteiger partial charge in [0.1, 0.15) is 0 Å². The lowest BCUT2D eigenvalue weighted by Crippen LogP contribution is -2.23. The minimum atomic E-state index is 0.0503. The van der Waals surface area contributed by atoms with Gasteiger partial charge in [-0.2, -0.15) is 0 Å². The molecule has 0 bridgehead atoms. The van der Waals surface area contributed by atoms with Gasteiger partial charge in [-0.3, -0.25) is 4.79 Å². The van der Waals surface area contributed by atoms with Gasteiger partial charge in [0.15, 0.2) is 0 Å². The average molecular weight is 280 g/mol. The van der Waals surface area contributed by atoms with Crippen LogP contribution < -0.4 is 11.1 Å². The fourth-order valence-corrected chi connectivity index (χ4v) is 2.56. The Morgan fingerprint density at radius 3 is 2.74 bits per heavy atom. The Balaban J connectivity index is 2.53. The number of nitrogens with one attached hydrogen (secondary N) is 1. The van der Waals surface area contributed by atoms with Crippen molar-refractivity contribution < 1.29 is 4.79 Å². The van der Waals surface area contributed by atoms with Gasteiger partial charge in [-0.1, -0.05) is 19.9 Å². The summed E-state index contributed by atoms with van der Waals surface area (Å²) in [5.41, 5.74) is 6.58. The van der Waals surface area contributed by atoms with E-state index in [9.17, 15) is 4.79 Å². The van der Waals surface area contributed by atoms with Crippen LogP contribution in [0.5, 0.6) is 0 Å². The van der Waals surface area contributed by atoms with Crippen molar-refractivity contribution in [2.75, 3.05) is 18.1 Å². The second-order valence-electron chi connectivity index (χ2n) is 5.22. The first-order valence-corrected chi connectivity index (χ1v) is 7.91. The first-order valence-electron chi connectivity index (χ1n) is 6.69. The van der Waals surface area contributed by atoms with Crippen molar-refractivity contribution in [2.24, 2.45) is 17.6 Å². The third-order valence-corrected chi connectivity index (χ3v) is 3.69. The maximum Gasteiger partial charge on any atom is 0.224 e. The number of carbonyl (C=O) groups excluding carboxylic acids is 1. The Labute approximate surface area is 120 Å². The minimum Gasteiger partial charge on any atom is -0.330 e. The zero-order valence-corrected chi connectivity index (χ0v) is 12.8. The maximum atomic E-state index is 12.0. The van der Waals surface area contributed by atoms with E-state index in [4.69, 9.17) is 5.73 Å². The Morgan fingerprint density at radius 1 is 1.42 bits per heavy atom. The fraction of sp³-hybridized carbons (Fsp3) is 0.533.